The van der Waals surface area contributed by atoms with E-state index in [9.17, 15) is 28.7 Å². The van der Waals surface area contributed by atoms with E-state index >= 15 is 0 Å². The van der Waals surface area contributed by atoms with Gasteiger partial charge in [-0.25, -0.2) is 0 Å². The molecule has 1 aliphatic rings. The lowest BCUT2D eigenvalue weighted by Gasteiger charge is -2.37. The van der Waals surface area contributed by atoms with E-state index in [1.165, 1.54) is 0 Å². The van der Waals surface area contributed by atoms with Gasteiger partial charge in [-0.1, -0.05) is 24.3 Å². The molecule has 0 aliphatic heterocycles. The predicted octanol–water partition coefficient (Wildman–Crippen LogP) is 0.944. The van der Waals surface area contributed by atoms with E-state index in [0.29, 0.717) is 19.3 Å². The molecular formula is C12H19NO6P2. The van der Waals surface area contributed by atoms with Crippen molar-refractivity contribution in [2.75, 3.05) is 0 Å². The van der Waals surface area contributed by atoms with Crippen molar-refractivity contribution in [3.8, 4) is 0 Å². The maximum atomic E-state index is 11.4. The molecular weight excluding hydrogens is 316 g/mol. The third kappa shape index (κ3) is 4.02. The molecule has 0 amide bonds. The Morgan fingerprint density at radius 1 is 1.10 bits per heavy atom. The second-order valence-electron chi connectivity index (χ2n) is 5.67. The molecule has 0 heterocycles. The van der Waals surface area contributed by atoms with Crippen LogP contribution in [0.25, 0.3) is 0 Å². The van der Waals surface area contributed by atoms with Crippen LogP contribution in [0.2, 0.25) is 0 Å². The lowest BCUT2D eigenvalue weighted by Crippen LogP contribution is -2.47. The number of fused-ring (bicyclic) bond motifs is 1. The molecule has 0 saturated carbocycles. The summed E-state index contributed by atoms with van der Waals surface area (Å²) in [7, 11) is -9.87. The summed E-state index contributed by atoms with van der Waals surface area (Å²) < 4.78 is 22.8. The first kappa shape index (κ1) is 16.8. The van der Waals surface area contributed by atoms with E-state index in [4.69, 9.17) is 5.73 Å². The summed E-state index contributed by atoms with van der Waals surface area (Å²) in [6.45, 7) is 0. The first-order valence-corrected chi connectivity index (χ1v) is 9.84. The van der Waals surface area contributed by atoms with E-state index in [1.54, 1.807) is 0 Å². The molecule has 1 aliphatic carbocycles. The maximum Gasteiger partial charge on any atom is 0.340 e. The second-order valence-corrected chi connectivity index (χ2v) is 9.68. The summed E-state index contributed by atoms with van der Waals surface area (Å²) in [6.07, 6.45) is 0.998. The highest BCUT2D eigenvalue weighted by atomic mass is 31.2. The minimum absolute atomic E-state index is 0.347. The Morgan fingerprint density at radius 3 is 2.14 bits per heavy atom. The van der Waals surface area contributed by atoms with Crippen molar-refractivity contribution in [3.05, 3.63) is 35.4 Å². The molecule has 0 fully saturated rings. The van der Waals surface area contributed by atoms with Crippen molar-refractivity contribution >= 4 is 15.2 Å². The topological polar surface area (TPSA) is 141 Å². The van der Waals surface area contributed by atoms with Crippen LogP contribution in [0.5, 0.6) is 0 Å². The third-order valence-corrected chi connectivity index (χ3v) is 7.64. The highest BCUT2D eigenvalue weighted by Gasteiger charge is 2.48. The van der Waals surface area contributed by atoms with Gasteiger partial charge in [-0.3, -0.25) is 9.13 Å². The average molecular weight is 335 g/mol. The molecule has 118 valence electrons. The molecule has 7 nitrogen and oxygen atoms in total. The molecule has 1 unspecified atom stereocenters. The zero-order chi connectivity index (χ0) is 15.9. The molecule has 6 N–H and O–H groups in total. The Hall–Kier alpha value is -0.520. The third-order valence-electron chi connectivity index (χ3n) is 3.92. The first-order valence-electron chi connectivity index (χ1n) is 6.47. The van der Waals surface area contributed by atoms with Crippen LogP contribution in [0.3, 0.4) is 0 Å². The monoisotopic (exact) mass is 335 g/mol. The van der Waals surface area contributed by atoms with Crippen LogP contribution in [-0.4, -0.2) is 30.5 Å². The highest BCUT2D eigenvalue weighted by molar-refractivity contribution is 7.70. The van der Waals surface area contributed by atoms with E-state index < -0.39 is 32.6 Å². The van der Waals surface area contributed by atoms with Gasteiger partial charge < -0.3 is 25.3 Å². The Labute approximate surface area is 122 Å². The van der Waals surface area contributed by atoms with Gasteiger partial charge in [0.15, 0.2) is 5.40 Å². The zero-order valence-corrected chi connectivity index (χ0v) is 13.1. The molecule has 2 rings (SSSR count). The Kier molecular flexibility index (Phi) is 4.49. The van der Waals surface area contributed by atoms with Gasteiger partial charge in [-0.05, 0) is 36.8 Å². The number of aryl methyl sites for hydroxylation is 1. The van der Waals surface area contributed by atoms with Crippen LogP contribution in [0.1, 0.15) is 24.0 Å². The fraction of sp³-hybridized carbons (Fsp3) is 0.500. The number of hydrogen-bond acceptors (Lipinski definition) is 3. The van der Waals surface area contributed by atoms with Crippen molar-refractivity contribution in [1.82, 2.24) is 0 Å². The van der Waals surface area contributed by atoms with Gasteiger partial charge in [-0.15, -0.1) is 0 Å². The van der Waals surface area contributed by atoms with Gasteiger partial charge in [0.05, 0.1) is 0 Å². The standard InChI is InChI=1S/C12H19NO6P2/c13-12(8-11(20(14,15)16)21(17,18)19)6-5-9-3-1-2-4-10(9)7-12/h1-4,11H,5-8,13H2,(H2,14,15,16)(H2,17,18,19). The SMILES string of the molecule is NC1(CC(P(=O)(O)O)P(=O)(O)O)CCc2ccccc2C1. The number of nitrogens with two attached hydrogens (primary N) is 1. The summed E-state index contributed by atoms with van der Waals surface area (Å²) in [5.41, 5.74) is 7.23. The average Bonchev–Trinajstić information content (AvgIpc) is 2.33. The Balaban J connectivity index is 2.26. The number of hydrogen-bond donors (Lipinski definition) is 5. The van der Waals surface area contributed by atoms with E-state index in [0.717, 1.165) is 11.1 Å². The van der Waals surface area contributed by atoms with E-state index in [2.05, 4.69) is 0 Å². The second kappa shape index (κ2) is 5.60. The maximum absolute atomic E-state index is 11.4. The smallest absolute Gasteiger partial charge is 0.325 e. The highest BCUT2D eigenvalue weighted by Crippen LogP contribution is 2.62. The minimum atomic E-state index is -4.93. The largest absolute Gasteiger partial charge is 0.340 e. The van der Waals surface area contributed by atoms with E-state index in [1.807, 2.05) is 24.3 Å². The van der Waals surface area contributed by atoms with Gasteiger partial charge in [0.1, 0.15) is 0 Å². The summed E-state index contributed by atoms with van der Waals surface area (Å²) in [5.74, 6) is 0. The molecule has 9 heteroatoms. The van der Waals surface area contributed by atoms with Crippen molar-refractivity contribution in [2.45, 2.75) is 36.6 Å². The van der Waals surface area contributed by atoms with Gasteiger partial charge in [-0.2, -0.15) is 0 Å². The zero-order valence-electron chi connectivity index (χ0n) is 11.3. The van der Waals surface area contributed by atoms with Gasteiger partial charge in [0, 0.05) is 5.54 Å². The molecule has 0 bridgehead atoms. The normalized spacial score (nSPS) is 23.1. The molecule has 1 aromatic rings. The summed E-state index contributed by atoms with van der Waals surface area (Å²) >= 11 is 0. The van der Waals surface area contributed by atoms with Crippen LogP contribution >= 0.6 is 15.2 Å². The fourth-order valence-electron chi connectivity index (χ4n) is 2.80. The summed E-state index contributed by atoms with van der Waals surface area (Å²) in [5, 5.41) is -2.04. The number of benzene rings is 1. The van der Waals surface area contributed by atoms with Crippen LogP contribution in [0.4, 0.5) is 0 Å². The molecule has 0 saturated heterocycles. The molecule has 1 atom stereocenters. The van der Waals surface area contributed by atoms with Crippen LogP contribution < -0.4 is 5.73 Å². The van der Waals surface area contributed by atoms with Gasteiger partial charge in [0.25, 0.3) is 0 Å². The Bertz CT molecular complexity index is 602. The number of rotatable bonds is 4. The summed E-state index contributed by atoms with van der Waals surface area (Å²) in [4.78, 5) is 36.9. The van der Waals surface area contributed by atoms with Crippen LogP contribution in [0.15, 0.2) is 24.3 Å². The van der Waals surface area contributed by atoms with Crippen molar-refractivity contribution in [3.63, 3.8) is 0 Å². The fourth-order valence-corrected chi connectivity index (χ4v) is 5.57. The summed E-state index contributed by atoms with van der Waals surface area (Å²) in [6, 6.07) is 7.57. The van der Waals surface area contributed by atoms with Crippen molar-refractivity contribution in [2.24, 2.45) is 5.73 Å². The first-order chi connectivity index (χ1) is 9.51. The predicted molar refractivity (Wildman–Crippen MR) is 77.9 cm³/mol. The quantitative estimate of drug-likeness (QED) is 0.516. The van der Waals surface area contributed by atoms with Crippen molar-refractivity contribution in [1.29, 1.82) is 0 Å². The van der Waals surface area contributed by atoms with Gasteiger partial charge >= 0.3 is 15.2 Å². The van der Waals surface area contributed by atoms with Gasteiger partial charge in [0.2, 0.25) is 0 Å². The molecule has 0 aromatic heterocycles. The molecule has 1 aromatic carbocycles. The molecule has 0 radical (unpaired) electrons. The lowest BCUT2D eigenvalue weighted by molar-refractivity contribution is 0.297. The van der Waals surface area contributed by atoms with E-state index in [-0.39, 0.29) is 0 Å². The van der Waals surface area contributed by atoms with Crippen LogP contribution in [-0.2, 0) is 22.0 Å². The lowest BCUT2D eigenvalue weighted by atomic mass is 9.77. The molecule has 0 spiro atoms. The Morgan fingerprint density at radius 2 is 1.62 bits per heavy atom. The minimum Gasteiger partial charge on any atom is -0.325 e. The van der Waals surface area contributed by atoms with Crippen molar-refractivity contribution < 1.29 is 28.7 Å². The van der Waals surface area contributed by atoms with Crippen LogP contribution in [0, 0.1) is 0 Å². The molecule has 21 heavy (non-hydrogen) atoms.